The van der Waals surface area contributed by atoms with Crippen molar-refractivity contribution in [1.29, 1.82) is 0 Å². The zero-order valence-electron chi connectivity index (χ0n) is 31.2. The van der Waals surface area contributed by atoms with Crippen molar-refractivity contribution >= 4 is 45.9 Å². The van der Waals surface area contributed by atoms with Gasteiger partial charge in [0, 0.05) is 34.6 Å². The number of rotatable bonds is 8. The molecule has 0 radical (unpaired) electrons. The van der Waals surface area contributed by atoms with Crippen molar-refractivity contribution < 1.29 is 14.3 Å². The molecule has 1 aliphatic rings. The minimum absolute atomic E-state index is 0.141. The second kappa shape index (κ2) is 15.4. The fourth-order valence-electron chi connectivity index (χ4n) is 7.14. The van der Waals surface area contributed by atoms with Crippen molar-refractivity contribution in [3.05, 3.63) is 152 Å². The number of benzene rings is 5. The summed E-state index contributed by atoms with van der Waals surface area (Å²) in [6, 6.07) is 49.1. The molecule has 0 saturated carbocycles. The summed E-state index contributed by atoms with van der Waals surface area (Å²) in [6.07, 6.45) is 2.89. The summed E-state index contributed by atoms with van der Waals surface area (Å²) in [5, 5.41) is 9.39. The molecule has 1 amide bonds. The smallest absolute Gasteiger partial charge is 0.410 e. The van der Waals surface area contributed by atoms with Crippen LogP contribution in [0.1, 0.15) is 39.7 Å². The molecule has 276 valence electrons. The fraction of sp³-hybridized carbons (Fsp3) is 0.200. The third-order valence-corrected chi connectivity index (χ3v) is 13.2. The van der Waals surface area contributed by atoms with E-state index in [0.29, 0.717) is 36.0 Å². The molecular formula is C45H43N6O3P. The maximum absolute atomic E-state index is 13.3. The number of amides is 1. The van der Waals surface area contributed by atoms with Gasteiger partial charge in [-0.25, -0.2) is 24.2 Å². The second-order valence-electron chi connectivity index (χ2n) is 14.6. The Morgan fingerprint density at radius 2 is 1.27 bits per heavy atom. The highest BCUT2D eigenvalue weighted by molar-refractivity contribution is 7.87. The zero-order chi connectivity index (χ0) is 37.8. The highest BCUT2D eigenvalue weighted by Gasteiger charge is 2.33. The molecule has 10 heteroatoms. The largest absolute Gasteiger partial charge is 0.457 e. The lowest BCUT2D eigenvalue weighted by Crippen LogP contribution is -2.43. The molecule has 1 saturated heterocycles. The van der Waals surface area contributed by atoms with Crippen LogP contribution in [-0.2, 0) is 4.74 Å². The number of nitrogens with zero attached hydrogens (tertiary/aromatic N) is 6. The van der Waals surface area contributed by atoms with Gasteiger partial charge in [-0.1, -0.05) is 109 Å². The fourth-order valence-corrected chi connectivity index (χ4v) is 10.6. The van der Waals surface area contributed by atoms with Gasteiger partial charge in [0.05, 0.1) is 18.5 Å². The molecule has 0 bridgehead atoms. The Balaban J connectivity index is 1.34. The number of para-hydroxylation sites is 1. The Hall–Kier alpha value is -6.05. The lowest BCUT2D eigenvalue weighted by molar-refractivity contribution is 0.0169. The standard InChI is InChI=1S/C45H43N6O3P/c1-45(2,3)54-44(52)50-30-16-17-34(31-50)51-43-40(41(48-51)33-26-28-36(29-27-33)53-35-18-8-4-9-19-35)42(46-32-47-43)49-55(37-20-10-5-11-21-37,38-22-12-6-13-23-38)39-24-14-7-15-25-39/h4-15,18-29,32,34H,16-17,30-31H2,1-3H3/t34-/m1/s1. The summed E-state index contributed by atoms with van der Waals surface area (Å²) >= 11 is 0. The summed E-state index contributed by atoms with van der Waals surface area (Å²) in [5.41, 5.74) is 1.65. The van der Waals surface area contributed by atoms with Crippen LogP contribution < -0.4 is 20.7 Å². The first-order valence-corrected chi connectivity index (χ1v) is 20.4. The number of likely N-dealkylation sites (tertiary alicyclic amines) is 1. The average molecular weight is 747 g/mol. The predicted octanol–water partition coefficient (Wildman–Crippen LogP) is 9.67. The number of ether oxygens (including phenoxy) is 2. The van der Waals surface area contributed by atoms with Gasteiger partial charge in [-0.2, -0.15) is 5.10 Å². The monoisotopic (exact) mass is 746 g/mol. The summed E-state index contributed by atoms with van der Waals surface area (Å²) in [5.74, 6) is 2.03. The molecule has 3 heterocycles. The van der Waals surface area contributed by atoms with E-state index >= 15 is 0 Å². The maximum Gasteiger partial charge on any atom is 0.410 e. The topological polar surface area (TPSA) is 94.7 Å². The van der Waals surface area contributed by atoms with Crippen molar-refractivity contribution in [3.8, 4) is 22.8 Å². The first-order chi connectivity index (χ1) is 26.8. The normalized spacial score (nSPS) is 14.7. The number of hydrogen-bond donors (Lipinski definition) is 0. The van der Waals surface area contributed by atoms with Crippen molar-refractivity contribution in [2.45, 2.75) is 45.3 Å². The van der Waals surface area contributed by atoms with E-state index in [-0.39, 0.29) is 12.1 Å². The van der Waals surface area contributed by atoms with Crippen LogP contribution in [0.25, 0.3) is 22.3 Å². The van der Waals surface area contributed by atoms with E-state index in [0.717, 1.165) is 45.5 Å². The Bertz CT molecular complexity index is 2350. The van der Waals surface area contributed by atoms with E-state index in [2.05, 4.69) is 72.8 Å². The number of carbonyl (C=O) groups excluding carboxylic acids is 1. The van der Waals surface area contributed by atoms with Crippen LogP contribution in [0.2, 0.25) is 0 Å². The van der Waals surface area contributed by atoms with Gasteiger partial charge in [0.25, 0.3) is 0 Å². The molecule has 0 N–H and O–H groups in total. The molecule has 1 fully saturated rings. The van der Waals surface area contributed by atoms with Gasteiger partial charge in [-0.05, 0) is 70.0 Å². The van der Waals surface area contributed by atoms with Crippen molar-refractivity contribution in [1.82, 2.24) is 24.6 Å². The van der Waals surface area contributed by atoms with Crippen molar-refractivity contribution in [2.24, 2.45) is 4.74 Å². The Kier molecular flexibility index (Phi) is 10.0. The van der Waals surface area contributed by atoms with E-state index < -0.39 is 12.7 Å². The first kappa shape index (κ1) is 36.0. The van der Waals surface area contributed by atoms with Crippen molar-refractivity contribution in [2.75, 3.05) is 13.1 Å². The van der Waals surface area contributed by atoms with E-state index in [1.807, 2.05) is 98.2 Å². The third-order valence-electron chi connectivity index (χ3n) is 9.60. The van der Waals surface area contributed by atoms with Crippen molar-refractivity contribution in [3.63, 3.8) is 0 Å². The Labute approximate surface area is 321 Å². The van der Waals surface area contributed by atoms with Crippen LogP contribution in [0.4, 0.5) is 10.6 Å². The summed E-state index contributed by atoms with van der Waals surface area (Å²) in [6.45, 7) is 6.73. The number of carbonyl (C=O) groups is 1. The van der Waals surface area contributed by atoms with E-state index in [1.54, 1.807) is 11.2 Å². The van der Waals surface area contributed by atoms with Crippen LogP contribution in [0.5, 0.6) is 11.5 Å². The van der Waals surface area contributed by atoms with Gasteiger partial charge >= 0.3 is 6.09 Å². The SMILES string of the molecule is CC(C)(C)OC(=O)N1CCC[C@@H](n2nc(-c3ccc(Oc4ccccc4)cc3)c3c(N=P(c4ccccc4)(c4ccccc4)c4ccccc4)ncnc32)C1. The molecule has 55 heavy (non-hydrogen) atoms. The van der Waals surface area contributed by atoms with Gasteiger partial charge in [0.15, 0.2) is 11.5 Å². The van der Waals surface area contributed by atoms with Gasteiger partial charge in [0.2, 0.25) is 0 Å². The minimum Gasteiger partial charge on any atom is -0.457 e. The molecule has 9 nitrogen and oxygen atoms in total. The van der Waals surface area contributed by atoms with E-state index in [9.17, 15) is 4.79 Å². The van der Waals surface area contributed by atoms with Crippen LogP contribution in [0.3, 0.4) is 0 Å². The number of piperidine rings is 1. The highest BCUT2D eigenvalue weighted by Crippen LogP contribution is 2.50. The van der Waals surface area contributed by atoms with Crippen LogP contribution >= 0.6 is 7.05 Å². The second-order valence-corrected chi connectivity index (χ2v) is 17.6. The predicted molar refractivity (Wildman–Crippen MR) is 221 cm³/mol. The molecule has 1 atom stereocenters. The van der Waals surface area contributed by atoms with Crippen LogP contribution in [0.15, 0.2) is 157 Å². The lowest BCUT2D eigenvalue weighted by atomic mass is 10.1. The molecule has 0 aliphatic carbocycles. The van der Waals surface area contributed by atoms with Gasteiger partial charge in [0.1, 0.15) is 29.1 Å². The van der Waals surface area contributed by atoms with Gasteiger partial charge < -0.3 is 14.4 Å². The number of hydrogen-bond acceptors (Lipinski definition) is 7. The van der Waals surface area contributed by atoms with E-state index in [4.69, 9.17) is 29.3 Å². The number of aromatic nitrogens is 4. The van der Waals surface area contributed by atoms with Crippen LogP contribution in [0, 0.1) is 0 Å². The molecular weight excluding hydrogens is 704 g/mol. The van der Waals surface area contributed by atoms with Crippen LogP contribution in [-0.4, -0.2) is 49.4 Å². The average Bonchev–Trinajstić information content (AvgIpc) is 3.62. The molecule has 1 aliphatic heterocycles. The Morgan fingerprint density at radius 3 is 1.84 bits per heavy atom. The van der Waals surface area contributed by atoms with Gasteiger partial charge in [-0.3, -0.25) is 0 Å². The zero-order valence-corrected chi connectivity index (χ0v) is 32.1. The molecule has 0 spiro atoms. The quantitative estimate of drug-likeness (QED) is 0.144. The summed E-state index contributed by atoms with van der Waals surface area (Å²) in [7, 11) is -2.70. The first-order valence-electron chi connectivity index (χ1n) is 18.6. The molecule has 0 unspecified atom stereocenters. The summed E-state index contributed by atoms with van der Waals surface area (Å²) in [4.78, 5) is 24.9. The minimum atomic E-state index is -2.70. The van der Waals surface area contributed by atoms with E-state index in [1.165, 1.54) is 0 Å². The third kappa shape index (κ3) is 7.53. The molecule has 8 rings (SSSR count). The maximum atomic E-state index is 13.3. The Morgan fingerprint density at radius 1 is 0.727 bits per heavy atom. The molecule has 7 aromatic rings. The number of fused-ring (bicyclic) bond motifs is 1. The molecule has 2 aromatic heterocycles. The van der Waals surface area contributed by atoms with Gasteiger partial charge in [-0.15, -0.1) is 0 Å². The highest BCUT2D eigenvalue weighted by atomic mass is 31.2. The molecule has 5 aromatic carbocycles. The summed E-state index contributed by atoms with van der Waals surface area (Å²) < 4.78 is 19.7. The lowest BCUT2D eigenvalue weighted by Gasteiger charge is -2.34.